The molecule has 0 aromatic heterocycles. The molecule has 0 bridgehead atoms. The van der Waals surface area contributed by atoms with Crippen molar-refractivity contribution in [2.24, 2.45) is 0 Å². The molecule has 0 unspecified atom stereocenters. The molecule has 3 nitrogen and oxygen atoms in total. The highest BCUT2D eigenvalue weighted by Crippen LogP contribution is 2.24. The highest BCUT2D eigenvalue weighted by atomic mass is 35.5. The quantitative estimate of drug-likeness (QED) is 0.909. The van der Waals surface area contributed by atoms with Crippen LogP contribution in [0.3, 0.4) is 0 Å². The average molecular weight is 269 g/mol. The monoisotopic (exact) mass is 268 g/mol. The van der Waals surface area contributed by atoms with Crippen molar-refractivity contribution < 1.29 is 5.11 Å². The molecule has 2 rings (SSSR count). The van der Waals surface area contributed by atoms with Crippen LogP contribution in [0.25, 0.3) is 0 Å². The first-order valence-electron chi connectivity index (χ1n) is 6.61. The summed E-state index contributed by atoms with van der Waals surface area (Å²) >= 11 is 5.92. The third kappa shape index (κ3) is 3.61. The number of piperazine rings is 1. The highest BCUT2D eigenvalue weighted by molar-refractivity contribution is 6.32. The van der Waals surface area contributed by atoms with Crippen molar-refractivity contribution in [2.45, 2.75) is 19.9 Å². The number of halogens is 1. The van der Waals surface area contributed by atoms with Crippen LogP contribution in [0.15, 0.2) is 18.2 Å². The van der Waals surface area contributed by atoms with Crippen LogP contribution in [0.5, 0.6) is 5.75 Å². The fourth-order valence-corrected chi connectivity index (χ4v) is 2.60. The Labute approximate surface area is 114 Å². The number of nitrogens with zero attached hydrogens (tertiary/aromatic N) is 2. The Kier molecular flexibility index (Phi) is 4.87. The van der Waals surface area contributed by atoms with E-state index in [0.29, 0.717) is 5.02 Å². The summed E-state index contributed by atoms with van der Waals surface area (Å²) in [6, 6.07) is 5.47. The molecular formula is C14H21ClN2O. The molecule has 100 valence electrons. The van der Waals surface area contributed by atoms with Crippen molar-refractivity contribution in [2.75, 3.05) is 32.7 Å². The van der Waals surface area contributed by atoms with E-state index in [1.807, 2.05) is 12.1 Å². The number of phenols is 1. The summed E-state index contributed by atoms with van der Waals surface area (Å²) in [6.07, 6.45) is 1.23. The Morgan fingerprint density at radius 2 is 1.83 bits per heavy atom. The second-order valence-electron chi connectivity index (χ2n) is 4.90. The van der Waals surface area contributed by atoms with Gasteiger partial charge in [0.15, 0.2) is 0 Å². The Morgan fingerprint density at radius 1 is 1.17 bits per heavy atom. The normalized spacial score (nSPS) is 18.1. The van der Waals surface area contributed by atoms with Crippen LogP contribution in [0.4, 0.5) is 0 Å². The standard InChI is InChI=1S/C14H21ClN2O/c1-2-5-16-6-8-17(9-7-16)11-12-3-4-14(18)13(15)10-12/h3-4,10,18H,2,5-9,11H2,1H3. The zero-order valence-electron chi connectivity index (χ0n) is 10.9. The molecule has 1 heterocycles. The van der Waals surface area contributed by atoms with Gasteiger partial charge in [0.25, 0.3) is 0 Å². The number of hydrogen-bond acceptors (Lipinski definition) is 3. The molecule has 0 spiro atoms. The zero-order chi connectivity index (χ0) is 13.0. The van der Waals surface area contributed by atoms with Gasteiger partial charge in [-0.25, -0.2) is 0 Å². The van der Waals surface area contributed by atoms with Gasteiger partial charge in [0.1, 0.15) is 5.75 Å². The van der Waals surface area contributed by atoms with Gasteiger partial charge in [-0.05, 0) is 30.7 Å². The van der Waals surface area contributed by atoms with Gasteiger partial charge in [-0.15, -0.1) is 0 Å². The first-order valence-corrected chi connectivity index (χ1v) is 6.99. The molecule has 1 saturated heterocycles. The fraction of sp³-hybridized carbons (Fsp3) is 0.571. The Morgan fingerprint density at radius 3 is 2.44 bits per heavy atom. The van der Waals surface area contributed by atoms with Crippen molar-refractivity contribution in [3.8, 4) is 5.75 Å². The number of hydrogen-bond donors (Lipinski definition) is 1. The number of phenolic OH excluding ortho intramolecular Hbond substituents is 1. The Balaban J connectivity index is 1.85. The molecule has 1 aliphatic rings. The van der Waals surface area contributed by atoms with Crippen molar-refractivity contribution >= 4 is 11.6 Å². The van der Waals surface area contributed by atoms with Gasteiger partial charge >= 0.3 is 0 Å². The average Bonchev–Trinajstić information content (AvgIpc) is 2.37. The van der Waals surface area contributed by atoms with Crippen LogP contribution in [0, 0.1) is 0 Å². The maximum atomic E-state index is 9.39. The predicted molar refractivity (Wildman–Crippen MR) is 75.1 cm³/mol. The van der Waals surface area contributed by atoms with Crippen LogP contribution in [0.1, 0.15) is 18.9 Å². The molecule has 4 heteroatoms. The van der Waals surface area contributed by atoms with Crippen LogP contribution < -0.4 is 0 Å². The summed E-state index contributed by atoms with van der Waals surface area (Å²) in [7, 11) is 0. The van der Waals surface area contributed by atoms with E-state index in [2.05, 4.69) is 16.7 Å². The lowest BCUT2D eigenvalue weighted by molar-refractivity contribution is 0.127. The second-order valence-corrected chi connectivity index (χ2v) is 5.31. The zero-order valence-corrected chi connectivity index (χ0v) is 11.7. The number of aromatic hydroxyl groups is 1. The summed E-state index contributed by atoms with van der Waals surface area (Å²) in [6.45, 7) is 8.87. The largest absolute Gasteiger partial charge is 0.506 e. The van der Waals surface area contributed by atoms with Gasteiger partial charge in [-0.2, -0.15) is 0 Å². The van der Waals surface area contributed by atoms with Crippen LogP contribution in [-0.4, -0.2) is 47.6 Å². The summed E-state index contributed by atoms with van der Waals surface area (Å²) in [5, 5.41) is 9.83. The van der Waals surface area contributed by atoms with E-state index in [-0.39, 0.29) is 5.75 Å². The summed E-state index contributed by atoms with van der Waals surface area (Å²) in [4.78, 5) is 4.95. The second kappa shape index (κ2) is 6.41. The molecule has 0 saturated carbocycles. The lowest BCUT2D eigenvalue weighted by atomic mass is 10.2. The van der Waals surface area contributed by atoms with E-state index in [9.17, 15) is 5.11 Å². The van der Waals surface area contributed by atoms with E-state index in [1.54, 1.807) is 6.07 Å². The molecule has 1 aromatic rings. The van der Waals surface area contributed by atoms with E-state index in [1.165, 1.54) is 18.5 Å². The van der Waals surface area contributed by atoms with Crippen LogP contribution in [0.2, 0.25) is 5.02 Å². The van der Waals surface area contributed by atoms with Gasteiger partial charge in [-0.1, -0.05) is 24.6 Å². The third-order valence-electron chi connectivity index (χ3n) is 3.42. The Bertz CT molecular complexity index is 389. The molecule has 0 amide bonds. The summed E-state index contributed by atoms with van der Waals surface area (Å²) in [5.74, 6) is 0.160. The van der Waals surface area contributed by atoms with Crippen LogP contribution in [-0.2, 0) is 6.54 Å². The number of benzene rings is 1. The maximum absolute atomic E-state index is 9.39. The maximum Gasteiger partial charge on any atom is 0.134 e. The van der Waals surface area contributed by atoms with Gasteiger partial charge in [-0.3, -0.25) is 4.90 Å². The van der Waals surface area contributed by atoms with Gasteiger partial charge in [0.2, 0.25) is 0 Å². The third-order valence-corrected chi connectivity index (χ3v) is 3.73. The molecule has 1 aromatic carbocycles. The lowest BCUT2D eigenvalue weighted by Crippen LogP contribution is -2.45. The van der Waals surface area contributed by atoms with E-state index >= 15 is 0 Å². The van der Waals surface area contributed by atoms with Gasteiger partial charge in [0, 0.05) is 32.7 Å². The molecule has 1 N–H and O–H groups in total. The molecule has 1 fully saturated rings. The topological polar surface area (TPSA) is 26.7 Å². The summed E-state index contributed by atoms with van der Waals surface area (Å²) in [5.41, 5.74) is 1.17. The minimum atomic E-state index is 0.160. The molecule has 0 aliphatic carbocycles. The van der Waals surface area contributed by atoms with Crippen molar-refractivity contribution in [3.05, 3.63) is 28.8 Å². The first kappa shape index (κ1) is 13.7. The lowest BCUT2D eigenvalue weighted by Gasteiger charge is -2.34. The molecule has 18 heavy (non-hydrogen) atoms. The molecule has 0 atom stereocenters. The SMILES string of the molecule is CCCN1CCN(Cc2ccc(O)c(Cl)c2)CC1. The highest BCUT2D eigenvalue weighted by Gasteiger charge is 2.16. The molecular weight excluding hydrogens is 248 g/mol. The van der Waals surface area contributed by atoms with Crippen molar-refractivity contribution in [3.63, 3.8) is 0 Å². The molecule has 1 aliphatic heterocycles. The fourth-order valence-electron chi connectivity index (χ4n) is 2.39. The number of rotatable bonds is 4. The smallest absolute Gasteiger partial charge is 0.134 e. The minimum Gasteiger partial charge on any atom is -0.506 e. The van der Waals surface area contributed by atoms with Gasteiger partial charge < -0.3 is 10.0 Å². The van der Waals surface area contributed by atoms with E-state index in [4.69, 9.17) is 11.6 Å². The predicted octanol–water partition coefficient (Wildman–Crippen LogP) is 2.57. The van der Waals surface area contributed by atoms with Gasteiger partial charge in [0.05, 0.1) is 5.02 Å². The Hall–Kier alpha value is -0.770. The minimum absolute atomic E-state index is 0.160. The van der Waals surface area contributed by atoms with Crippen molar-refractivity contribution in [1.82, 2.24) is 9.80 Å². The van der Waals surface area contributed by atoms with E-state index < -0.39 is 0 Å². The van der Waals surface area contributed by atoms with Crippen LogP contribution >= 0.6 is 11.6 Å². The summed E-state index contributed by atoms with van der Waals surface area (Å²) < 4.78 is 0. The van der Waals surface area contributed by atoms with E-state index in [0.717, 1.165) is 32.7 Å². The first-order chi connectivity index (χ1) is 8.69. The van der Waals surface area contributed by atoms with Crippen molar-refractivity contribution in [1.29, 1.82) is 0 Å². The molecule has 0 radical (unpaired) electrons.